The molecule has 0 fully saturated rings. The van der Waals surface area contributed by atoms with Crippen molar-refractivity contribution in [3.63, 3.8) is 0 Å². The molecular weight excluding hydrogens is 304 g/mol. The van der Waals surface area contributed by atoms with E-state index in [0.717, 1.165) is 5.56 Å². The molecule has 1 atom stereocenters. The number of aryl methyl sites for hydroxylation is 1. The second-order valence-corrected chi connectivity index (χ2v) is 6.12. The number of carboxylic acids is 1. The van der Waals surface area contributed by atoms with Gasteiger partial charge in [-0.05, 0) is 24.3 Å². The zero-order valence-electron chi connectivity index (χ0n) is 12.6. The molecule has 0 saturated carbocycles. The summed E-state index contributed by atoms with van der Waals surface area (Å²) in [6.45, 7) is 5.23. The highest BCUT2D eigenvalue weighted by Crippen LogP contribution is 2.24. The molecule has 0 saturated heterocycles. The van der Waals surface area contributed by atoms with Crippen LogP contribution in [-0.4, -0.2) is 28.0 Å². The lowest BCUT2D eigenvalue weighted by Crippen LogP contribution is -2.45. The Kier molecular flexibility index (Phi) is 4.97. The van der Waals surface area contributed by atoms with Crippen LogP contribution < -0.4 is 5.32 Å². The van der Waals surface area contributed by atoms with Gasteiger partial charge in [0.1, 0.15) is 11.8 Å². The van der Waals surface area contributed by atoms with Gasteiger partial charge in [0.2, 0.25) is 11.8 Å². The van der Waals surface area contributed by atoms with Crippen LogP contribution in [0.2, 0.25) is 0 Å². The molecule has 22 heavy (non-hydrogen) atoms. The first-order valence-corrected chi connectivity index (χ1v) is 7.83. The summed E-state index contributed by atoms with van der Waals surface area (Å²) in [7, 11) is 0. The van der Waals surface area contributed by atoms with Crippen molar-refractivity contribution in [2.24, 2.45) is 5.92 Å². The van der Waals surface area contributed by atoms with E-state index in [2.05, 4.69) is 10.3 Å². The van der Waals surface area contributed by atoms with Gasteiger partial charge in [-0.1, -0.05) is 13.8 Å². The van der Waals surface area contributed by atoms with Gasteiger partial charge in [0.15, 0.2) is 0 Å². The summed E-state index contributed by atoms with van der Waals surface area (Å²) >= 11 is 1.53. The maximum atomic E-state index is 12.0. The molecule has 7 heteroatoms. The van der Waals surface area contributed by atoms with Crippen molar-refractivity contribution < 1.29 is 19.1 Å². The van der Waals surface area contributed by atoms with Gasteiger partial charge in [0.25, 0.3) is 0 Å². The van der Waals surface area contributed by atoms with Crippen LogP contribution in [0.1, 0.15) is 25.3 Å². The van der Waals surface area contributed by atoms with Crippen molar-refractivity contribution in [1.29, 1.82) is 0 Å². The third kappa shape index (κ3) is 3.73. The number of rotatable bonds is 6. The zero-order valence-corrected chi connectivity index (χ0v) is 13.4. The second kappa shape index (κ2) is 6.74. The summed E-state index contributed by atoms with van der Waals surface area (Å²) in [6.07, 6.45) is -0.00400. The first-order chi connectivity index (χ1) is 10.4. The predicted octanol–water partition coefficient (Wildman–Crippen LogP) is 2.48. The smallest absolute Gasteiger partial charge is 0.326 e. The van der Waals surface area contributed by atoms with Crippen LogP contribution in [-0.2, 0) is 16.0 Å². The number of oxazole rings is 1. The van der Waals surface area contributed by atoms with E-state index >= 15 is 0 Å². The number of thiophene rings is 1. The van der Waals surface area contributed by atoms with Gasteiger partial charge in [0.05, 0.1) is 12.1 Å². The van der Waals surface area contributed by atoms with Gasteiger partial charge in [-0.2, -0.15) is 11.3 Å². The normalized spacial score (nSPS) is 12.4. The topological polar surface area (TPSA) is 92.4 Å². The molecule has 2 N–H and O–H groups in total. The van der Waals surface area contributed by atoms with Crippen molar-refractivity contribution in [3.8, 4) is 11.5 Å². The van der Waals surface area contributed by atoms with Gasteiger partial charge in [0, 0.05) is 10.9 Å². The van der Waals surface area contributed by atoms with Crippen molar-refractivity contribution in [3.05, 3.63) is 28.3 Å². The lowest BCUT2D eigenvalue weighted by atomic mass is 10.0. The maximum Gasteiger partial charge on any atom is 0.326 e. The SMILES string of the molecule is Cc1oc(-c2ccsc2)nc1CC(=O)N[C@H](C(=O)O)C(C)C. The van der Waals surface area contributed by atoms with Gasteiger partial charge < -0.3 is 14.8 Å². The molecule has 0 bridgehead atoms. The van der Waals surface area contributed by atoms with Crippen LogP contribution in [0.4, 0.5) is 0 Å². The summed E-state index contributed by atoms with van der Waals surface area (Å²) in [5.41, 5.74) is 1.39. The Morgan fingerprint density at radius 2 is 2.18 bits per heavy atom. The van der Waals surface area contributed by atoms with Crippen LogP contribution >= 0.6 is 11.3 Å². The van der Waals surface area contributed by atoms with Crippen LogP contribution in [0.15, 0.2) is 21.2 Å². The minimum atomic E-state index is -1.04. The molecule has 0 aliphatic carbocycles. The van der Waals surface area contributed by atoms with E-state index in [1.807, 2.05) is 16.8 Å². The average Bonchev–Trinajstić information content (AvgIpc) is 3.06. The van der Waals surface area contributed by atoms with Crippen molar-refractivity contribution in [2.75, 3.05) is 0 Å². The highest BCUT2D eigenvalue weighted by atomic mass is 32.1. The number of nitrogens with one attached hydrogen (secondary N) is 1. The Hall–Kier alpha value is -2.15. The number of aliphatic carboxylic acids is 1. The molecule has 2 aromatic rings. The molecule has 0 aromatic carbocycles. The van der Waals surface area contributed by atoms with E-state index in [1.54, 1.807) is 20.8 Å². The van der Waals surface area contributed by atoms with E-state index in [1.165, 1.54) is 11.3 Å². The summed E-state index contributed by atoms with van der Waals surface area (Å²) in [5.74, 6) is -0.581. The van der Waals surface area contributed by atoms with E-state index < -0.39 is 12.0 Å². The van der Waals surface area contributed by atoms with E-state index in [-0.39, 0.29) is 18.2 Å². The molecular formula is C15H18N2O4S. The third-order valence-electron chi connectivity index (χ3n) is 3.24. The minimum absolute atomic E-state index is 0.00400. The van der Waals surface area contributed by atoms with E-state index in [0.29, 0.717) is 17.3 Å². The molecule has 0 aliphatic heterocycles. The Labute approximate surface area is 132 Å². The molecule has 0 unspecified atom stereocenters. The molecule has 2 rings (SSSR count). The van der Waals surface area contributed by atoms with Crippen LogP contribution in [0.3, 0.4) is 0 Å². The monoisotopic (exact) mass is 322 g/mol. The zero-order chi connectivity index (χ0) is 16.3. The van der Waals surface area contributed by atoms with Crippen LogP contribution in [0, 0.1) is 12.8 Å². The van der Waals surface area contributed by atoms with Crippen molar-refractivity contribution in [2.45, 2.75) is 33.2 Å². The Bertz CT molecular complexity index is 661. The minimum Gasteiger partial charge on any atom is -0.480 e. The Morgan fingerprint density at radius 1 is 1.45 bits per heavy atom. The highest BCUT2D eigenvalue weighted by Gasteiger charge is 2.24. The van der Waals surface area contributed by atoms with Gasteiger partial charge >= 0.3 is 5.97 Å². The number of hydrogen-bond donors (Lipinski definition) is 2. The summed E-state index contributed by atoms with van der Waals surface area (Å²) in [5, 5.41) is 15.4. The van der Waals surface area contributed by atoms with Gasteiger partial charge in [-0.25, -0.2) is 9.78 Å². The number of hydrogen-bond acceptors (Lipinski definition) is 5. The van der Waals surface area contributed by atoms with Gasteiger partial charge in [-0.3, -0.25) is 4.79 Å². The van der Waals surface area contributed by atoms with E-state index in [4.69, 9.17) is 9.52 Å². The fourth-order valence-electron chi connectivity index (χ4n) is 1.99. The fourth-order valence-corrected chi connectivity index (χ4v) is 2.62. The molecule has 0 aliphatic rings. The lowest BCUT2D eigenvalue weighted by Gasteiger charge is -2.17. The number of carbonyl (C=O) groups excluding carboxylic acids is 1. The lowest BCUT2D eigenvalue weighted by molar-refractivity contribution is -0.143. The van der Waals surface area contributed by atoms with Gasteiger partial charge in [-0.15, -0.1) is 0 Å². The quantitative estimate of drug-likeness (QED) is 0.852. The Balaban J connectivity index is 2.07. The molecule has 118 valence electrons. The average molecular weight is 322 g/mol. The molecule has 1 amide bonds. The van der Waals surface area contributed by atoms with E-state index in [9.17, 15) is 9.59 Å². The third-order valence-corrected chi connectivity index (χ3v) is 3.92. The predicted molar refractivity (Wildman–Crippen MR) is 82.7 cm³/mol. The summed E-state index contributed by atoms with van der Waals surface area (Å²) in [4.78, 5) is 27.5. The summed E-state index contributed by atoms with van der Waals surface area (Å²) < 4.78 is 5.56. The van der Waals surface area contributed by atoms with Crippen LogP contribution in [0.25, 0.3) is 11.5 Å². The van der Waals surface area contributed by atoms with Crippen LogP contribution in [0.5, 0.6) is 0 Å². The molecule has 0 spiro atoms. The molecule has 0 radical (unpaired) electrons. The van der Waals surface area contributed by atoms with Crippen molar-refractivity contribution >= 4 is 23.2 Å². The molecule has 2 aromatic heterocycles. The number of nitrogens with zero attached hydrogens (tertiary/aromatic N) is 1. The molecule has 2 heterocycles. The highest BCUT2D eigenvalue weighted by molar-refractivity contribution is 7.08. The fraction of sp³-hybridized carbons (Fsp3) is 0.400. The number of carboxylic acid groups (broad SMARTS) is 1. The number of amides is 1. The maximum absolute atomic E-state index is 12.0. The molecule has 6 nitrogen and oxygen atoms in total. The Morgan fingerprint density at radius 3 is 2.73 bits per heavy atom. The standard InChI is InChI=1S/C15H18N2O4S/c1-8(2)13(15(19)20)17-12(18)6-11-9(3)21-14(16-11)10-4-5-22-7-10/h4-5,7-8,13H,6H2,1-3H3,(H,17,18)(H,19,20)/t13-/m0/s1. The summed E-state index contributed by atoms with van der Waals surface area (Å²) in [6, 6.07) is 0.981. The number of carbonyl (C=O) groups is 2. The first kappa shape index (κ1) is 16.2. The second-order valence-electron chi connectivity index (χ2n) is 5.34. The first-order valence-electron chi connectivity index (χ1n) is 6.89. The number of aromatic nitrogens is 1. The van der Waals surface area contributed by atoms with Crippen molar-refractivity contribution in [1.82, 2.24) is 10.3 Å². The largest absolute Gasteiger partial charge is 0.480 e.